The highest BCUT2D eigenvalue weighted by Crippen LogP contribution is 2.23. The van der Waals surface area contributed by atoms with Crippen LogP contribution in [0.4, 0.5) is 5.69 Å². The van der Waals surface area contributed by atoms with Crippen molar-refractivity contribution in [2.45, 2.75) is 11.8 Å². The number of aryl methyl sites for hydroxylation is 1. The highest BCUT2D eigenvalue weighted by Gasteiger charge is 2.20. The lowest BCUT2D eigenvalue weighted by atomic mass is 10.2. The summed E-state index contributed by atoms with van der Waals surface area (Å²) in [5, 5.41) is 2.71. The lowest BCUT2D eigenvalue weighted by Crippen LogP contribution is -2.23. The molecule has 1 heterocycles. The van der Waals surface area contributed by atoms with Gasteiger partial charge in [0.2, 0.25) is 10.0 Å². The van der Waals surface area contributed by atoms with Crippen LogP contribution in [-0.4, -0.2) is 37.7 Å². The number of nitrogens with one attached hydrogen (secondary N) is 1. The summed E-state index contributed by atoms with van der Waals surface area (Å²) in [5.74, 6) is -0.458. The van der Waals surface area contributed by atoms with E-state index in [2.05, 4.69) is 10.3 Å². The molecule has 1 aromatic heterocycles. The van der Waals surface area contributed by atoms with Crippen molar-refractivity contribution in [3.05, 3.63) is 52.8 Å². The number of carbonyl (C=O) groups excluding carboxylic acids is 1. The van der Waals surface area contributed by atoms with Crippen LogP contribution >= 0.6 is 11.6 Å². The highest BCUT2D eigenvalue weighted by atomic mass is 35.5. The summed E-state index contributed by atoms with van der Waals surface area (Å²) in [4.78, 5) is 16.2. The summed E-state index contributed by atoms with van der Waals surface area (Å²) in [7, 11) is -0.687. The molecule has 0 atom stereocenters. The number of amides is 1. The van der Waals surface area contributed by atoms with Crippen LogP contribution in [0.5, 0.6) is 0 Å². The van der Waals surface area contributed by atoms with Crippen LogP contribution in [0.1, 0.15) is 15.9 Å². The second-order valence-electron chi connectivity index (χ2n) is 5.06. The van der Waals surface area contributed by atoms with E-state index in [0.29, 0.717) is 11.3 Å². The first-order valence-electron chi connectivity index (χ1n) is 6.68. The average molecular weight is 354 g/mol. The number of nitrogens with zero attached hydrogens (tertiary/aromatic N) is 2. The maximum absolute atomic E-state index is 12.3. The molecule has 0 aliphatic carbocycles. The molecule has 0 unspecified atom stereocenters. The van der Waals surface area contributed by atoms with Gasteiger partial charge in [-0.05, 0) is 36.8 Å². The maximum Gasteiger partial charge on any atom is 0.258 e. The van der Waals surface area contributed by atoms with Crippen LogP contribution in [0, 0.1) is 6.92 Å². The first kappa shape index (κ1) is 17.4. The minimum Gasteiger partial charge on any atom is -0.322 e. The molecule has 1 amide bonds. The molecule has 0 aliphatic heterocycles. The summed E-state index contributed by atoms with van der Waals surface area (Å²) in [5.41, 5.74) is 1.17. The van der Waals surface area contributed by atoms with Crippen molar-refractivity contribution in [1.29, 1.82) is 0 Å². The average Bonchev–Trinajstić information content (AvgIpc) is 2.49. The number of pyridine rings is 1. The predicted molar refractivity (Wildman–Crippen MR) is 89.3 cm³/mol. The Morgan fingerprint density at radius 1 is 1.26 bits per heavy atom. The summed E-state index contributed by atoms with van der Waals surface area (Å²) in [6.45, 7) is 1.69. The fourth-order valence-electron chi connectivity index (χ4n) is 1.91. The van der Waals surface area contributed by atoms with Gasteiger partial charge in [0.15, 0.2) is 0 Å². The van der Waals surface area contributed by atoms with Gasteiger partial charge in [-0.15, -0.1) is 0 Å². The molecule has 0 saturated heterocycles. The summed E-state index contributed by atoms with van der Waals surface area (Å²) in [6.07, 6.45) is 1.48. The van der Waals surface area contributed by atoms with Gasteiger partial charge < -0.3 is 5.32 Å². The molecule has 0 saturated carbocycles. The quantitative estimate of drug-likeness (QED) is 0.857. The summed E-state index contributed by atoms with van der Waals surface area (Å²) >= 11 is 5.88. The van der Waals surface area contributed by atoms with Crippen LogP contribution in [0.15, 0.2) is 41.4 Å². The normalized spacial score (nSPS) is 11.5. The first-order chi connectivity index (χ1) is 10.7. The van der Waals surface area contributed by atoms with Crippen molar-refractivity contribution in [2.24, 2.45) is 0 Å². The highest BCUT2D eigenvalue weighted by molar-refractivity contribution is 7.89. The minimum atomic E-state index is -3.60. The van der Waals surface area contributed by atoms with Gasteiger partial charge in [0, 0.05) is 26.0 Å². The molecule has 23 heavy (non-hydrogen) atoms. The van der Waals surface area contributed by atoms with Gasteiger partial charge in [-0.3, -0.25) is 4.79 Å². The molecule has 0 spiro atoms. The van der Waals surface area contributed by atoms with Crippen LogP contribution in [0.3, 0.4) is 0 Å². The molecule has 0 aliphatic rings. The van der Waals surface area contributed by atoms with Crippen LogP contribution < -0.4 is 5.32 Å². The van der Waals surface area contributed by atoms with Crippen molar-refractivity contribution in [3.63, 3.8) is 0 Å². The molecule has 1 aromatic carbocycles. The van der Waals surface area contributed by atoms with Gasteiger partial charge in [0.25, 0.3) is 5.91 Å². The number of halogens is 1. The second-order valence-corrected chi connectivity index (χ2v) is 7.54. The third kappa shape index (κ3) is 3.69. The number of sulfonamides is 1. The Hall–Kier alpha value is -1.96. The zero-order valence-electron chi connectivity index (χ0n) is 12.9. The molecule has 6 nitrogen and oxygen atoms in total. The van der Waals surface area contributed by atoms with E-state index in [9.17, 15) is 13.2 Å². The molecule has 122 valence electrons. The third-order valence-electron chi connectivity index (χ3n) is 3.21. The Balaban J connectivity index is 2.36. The van der Waals surface area contributed by atoms with Gasteiger partial charge in [-0.2, -0.15) is 0 Å². The number of carbonyl (C=O) groups is 1. The number of hydrogen-bond acceptors (Lipinski definition) is 4. The van der Waals surface area contributed by atoms with Gasteiger partial charge in [0.1, 0.15) is 5.15 Å². The monoisotopic (exact) mass is 353 g/mol. The van der Waals surface area contributed by atoms with E-state index in [1.165, 1.54) is 32.4 Å². The number of benzene rings is 1. The molecule has 2 rings (SSSR count). The molecule has 0 radical (unpaired) electrons. The van der Waals surface area contributed by atoms with E-state index < -0.39 is 15.9 Å². The maximum atomic E-state index is 12.3. The lowest BCUT2D eigenvalue weighted by Gasteiger charge is -2.15. The Morgan fingerprint density at radius 3 is 2.57 bits per heavy atom. The molecule has 0 bridgehead atoms. The minimum absolute atomic E-state index is 0.0817. The zero-order valence-corrected chi connectivity index (χ0v) is 14.4. The van der Waals surface area contributed by atoms with Gasteiger partial charge in [-0.1, -0.05) is 17.7 Å². The fourth-order valence-corrected chi connectivity index (χ4v) is 3.26. The lowest BCUT2D eigenvalue weighted by molar-refractivity contribution is 0.102. The molecule has 1 N–H and O–H groups in total. The zero-order chi connectivity index (χ0) is 17.2. The summed E-state index contributed by atoms with van der Waals surface area (Å²) in [6, 6.07) is 7.82. The molecule has 8 heteroatoms. The van der Waals surface area contributed by atoms with Crippen molar-refractivity contribution < 1.29 is 13.2 Å². The van der Waals surface area contributed by atoms with Gasteiger partial charge in [0.05, 0.1) is 10.5 Å². The number of hydrogen-bond donors (Lipinski definition) is 1. The van der Waals surface area contributed by atoms with E-state index in [1.807, 2.05) is 0 Å². The second kappa shape index (κ2) is 6.66. The number of anilines is 1. The third-order valence-corrected chi connectivity index (χ3v) is 5.47. The van der Waals surface area contributed by atoms with Crippen molar-refractivity contribution in [3.8, 4) is 0 Å². The van der Waals surface area contributed by atoms with E-state index >= 15 is 0 Å². The number of aromatic nitrogens is 1. The predicted octanol–water partition coefficient (Wildman–Crippen LogP) is 2.55. The Kier molecular flexibility index (Phi) is 5.03. The van der Waals surface area contributed by atoms with Crippen molar-refractivity contribution in [2.75, 3.05) is 19.4 Å². The van der Waals surface area contributed by atoms with E-state index in [4.69, 9.17) is 11.6 Å². The van der Waals surface area contributed by atoms with Crippen molar-refractivity contribution in [1.82, 2.24) is 9.29 Å². The van der Waals surface area contributed by atoms with Gasteiger partial charge >= 0.3 is 0 Å². The smallest absolute Gasteiger partial charge is 0.258 e. The van der Waals surface area contributed by atoms with Crippen LogP contribution in [0.25, 0.3) is 0 Å². The molecule has 2 aromatic rings. The Morgan fingerprint density at radius 2 is 1.96 bits per heavy atom. The first-order valence-corrected chi connectivity index (χ1v) is 8.50. The summed E-state index contributed by atoms with van der Waals surface area (Å²) < 4.78 is 25.7. The van der Waals surface area contributed by atoms with E-state index in [1.54, 1.807) is 25.1 Å². The van der Waals surface area contributed by atoms with Crippen LogP contribution in [0.2, 0.25) is 5.15 Å². The SMILES string of the molecule is Cc1ccc(NC(=O)c2cccnc2Cl)cc1S(=O)(=O)N(C)C. The van der Waals surface area contributed by atoms with Gasteiger partial charge in [-0.25, -0.2) is 17.7 Å². The van der Waals surface area contributed by atoms with Crippen LogP contribution in [-0.2, 0) is 10.0 Å². The Bertz CT molecular complexity index is 851. The van der Waals surface area contributed by atoms with E-state index in [0.717, 1.165) is 4.31 Å². The fraction of sp³-hybridized carbons (Fsp3) is 0.200. The molecular weight excluding hydrogens is 338 g/mol. The Labute approximate surface area is 140 Å². The van der Waals surface area contributed by atoms with E-state index in [-0.39, 0.29) is 15.6 Å². The standard InChI is InChI=1S/C15H16ClN3O3S/c1-10-6-7-11(9-13(10)23(21,22)19(2)3)18-15(20)12-5-4-8-17-14(12)16/h4-9H,1-3H3,(H,18,20). The topological polar surface area (TPSA) is 79.4 Å². The van der Waals surface area contributed by atoms with Crippen molar-refractivity contribution >= 4 is 33.2 Å². The largest absolute Gasteiger partial charge is 0.322 e. The molecular formula is C15H16ClN3O3S. The number of rotatable bonds is 4. The molecule has 0 fully saturated rings.